The molecular weight excluding hydrogens is 201 g/mol. The second-order valence-corrected chi connectivity index (χ2v) is 2.58. The number of halogens is 3. The summed E-state index contributed by atoms with van der Waals surface area (Å²) in [6.45, 7) is 3.12. The van der Waals surface area contributed by atoms with Crippen molar-refractivity contribution in [3.05, 3.63) is 12.7 Å². The SMILES string of the molecule is C=CCCOC(CC(=O)O)C(F)(F)F. The first-order valence-electron chi connectivity index (χ1n) is 3.89. The molecule has 0 aromatic rings. The molecule has 0 spiro atoms. The summed E-state index contributed by atoms with van der Waals surface area (Å²) in [6, 6.07) is 0. The molecule has 0 rings (SSSR count). The quantitative estimate of drug-likeness (QED) is 0.541. The summed E-state index contributed by atoms with van der Waals surface area (Å²) in [6.07, 6.45) is -6.29. The van der Waals surface area contributed by atoms with Crippen molar-refractivity contribution in [3.63, 3.8) is 0 Å². The Balaban J connectivity index is 4.11. The zero-order chi connectivity index (χ0) is 11.2. The third kappa shape index (κ3) is 5.58. The van der Waals surface area contributed by atoms with E-state index < -0.39 is 24.7 Å². The smallest absolute Gasteiger partial charge is 0.415 e. The molecule has 0 saturated heterocycles. The van der Waals surface area contributed by atoms with Crippen LogP contribution < -0.4 is 0 Å². The van der Waals surface area contributed by atoms with Crippen LogP contribution in [0.15, 0.2) is 12.7 Å². The van der Waals surface area contributed by atoms with E-state index in [0.717, 1.165) is 0 Å². The highest BCUT2D eigenvalue weighted by Crippen LogP contribution is 2.25. The molecule has 1 atom stereocenters. The molecule has 1 N–H and O–H groups in total. The predicted molar refractivity (Wildman–Crippen MR) is 42.9 cm³/mol. The maximum atomic E-state index is 12.1. The van der Waals surface area contributed by atoms with E-state index in [9.17, 15) is 18.0 Å². The molecule has 14 heavy (non-hydrogen) atoms. The van der Waals surface area contributed by atoms with Crippen molar-refractivity contribution < 1.29 is 27.8 Å². The molecule has 6 heteroatoms. The van der Waals surface area contributed by atoms with Crippen LogP contribution in [0.25, 0.3) is 0 Å². The highest BCUT2D eigenvalue weighted by Gasteiger charge is 2.41. The molecule has 0 radical (unpaired) electrons. The number of carboxylic acids is 1. The predicted octanol–water partition coefficient (Wildman–Crippen LogP) is 1.98. The maximum absolute atomic E-state index is 12.1. The Kier molecular flexibility index (Phi) is 5.22. The lowest BCUT2D eigenvalue weighted by molar-refractivity contribution is -0.223. The van der Waals surface area contributed by atoms with Gasteiger partial charge in [0.2, 0.25) is 0 Å². The van der Waals surface area contributed by atoms with Crippen LogP contribution in [-0.2, 0) is 9.53 Å². The largest absolute Gasteiger partial charge is 0.481 e. The Morgan fingerprint density at radius 2 is 2.14 bits per heavy atom. The van der Waals surface area contributed by atoms with Gasteiger partial charge in [0.05, 0.1) is 13.0 Å². The van der Waals surface area contributed by atoms with Crippen LogP contribution in [-0.4, -0.2) is 30.0 Å². The van der Waals surface area contributed by atoms with Gasteiger partial charge < -0.3 is 9.84 Å². The molecular formula is C8H11F3O3. The number of hydrogen-bond acceptors (Lipinski definition) is 2. The molecule has 0 aromatic heterocycles. The van der Waals surface area contributed by atoms with Crippen molar-refractivity contribution in [2.45, 2.75) is 25.1 Å². The van der Waals surface area contributed by atoms with Gasteiger partial charge in [-0.15, -0.1) is 6.58 Å². The zero-order valence-electron chi connectivity index (χ0n) is 7.38. The summed E-state index contributed by atoms with van der Waals surface area (Å²) in [5, 5.41) is 8.20. The minimum absolute atomic E-state index is 0.180. The molecule has 0 aliphatic rings. The van der Waals surface area contributed by atoms with Crippen molar-refractivity contribution in [3.8, 4) is 0 Å². The second-order valence-electron chi connectivity index (χ2n) is 2.58. The van der Waals surface area contributed by atoms with Crippen molar-refractivity contribution in [2.24, 2.45) is 0 Å². The van der Waals surface area contributed by atoms with Gasteiger partial charge in [-0.2, -0.15) is 13.2 Å². The number of carbonyl (C=O) groups is 1. The Morgan fingerprint density at radius 3 is 2.50 bits per heavy atom. The molecule has 3 nitrogen and oxygen atoms in total. The fourth-order valence-electron chi connectivity index (χ4n) is 0.721. The lowest BCUT2D eigenvalue weighted by Gasteiger charge is -2.18. The lowest BCUT2D eigenvalue weighted by atomic mass is 10.2. The second kappa shape index (κ2) is 5.64. The summed E-state index contributed by atoms with van der Waals surface area (Å²) >= 11 is 0. The molecule has 0 fully saturated rings. The van der Waals surface area contributed by atoms with Crippen molar-refractivity contribution in [1.82, 2.24) is 0 Å². The lowest BCUT2D eigenvalue weighted by Crippen LogP contribution is -2.34. The van der Waals surface area contributed by atoms with E-state index in [0.29, 0.717) is 0 Å². The van der Waals surface area contributed by atoms with E-state index in [1.807, 2.05) is 0 Å². The fraction of sp³-hybridized carbons (Fsp3) is 0.625. The van der Waals surface area contributed by atoms with Crippen LogP contribution in [0.2, 0.25) is 0 Å². The Bertz CT molecular complexity index is 200. The van der Waals surface area contributed by atoms with Crippen LogP contribution in [0.1, 0.15) is 12.8 Å². The Morgan fingerprint density at radius 1 is 1.57 bits per heavy atom. The average molecular weight is 212 g/mol. The van der Waals surface area contributed by atoms with E-state index in [1.165, 1.54) is 6.08 Å². The molecule has 0 aromatic carbocycles. The van der Waals surface area contributed by atoms with Gasteiger partial charge >= 0.3 is 12.1 Å². The van der Waals surface area contributed by atoms with Gasteiger partial charge in [0.1, 0.15) is 0 Å². The Labute approximate surface area is 79.2 Å². The first-order chi connectivity index (χ1) is 6.38. The average Bonchev–Trinajstić information content (AvgIpc) is 2.00. The van der Waals surface area contributed by atoms with Crippen LogP contribution >= 0.6 is 0 Å². The molecule has 0 amide bonds. The number of rotatable bonds is 6. The van der Waals surface area contributed by atoms with Crippen LogP contribution in [0, 0.1) is 0 Å². The van der Waals surface area contributed by atoms with Gasteiger partial charge in [0, 0.05) is 0 Å². The molecule has 1 unspecified atom stereocenters. The van der Waals surface area contributed by atoms with Crippen LogP contribution in [0.4, 0.5) is 13.2 Å². The van der Waals surface area contributed by atoms with E-state index in [-0.39, 0.29) is 13.0 Å². The monoisotopic (exact) mass is 212 g/mol. The normalized spacial score (nSPS) is 13.6. The van der Waals surface area contributed by atoms with E-state index in [1.54, 1.807) is 0 Å². The molecule has 0 heterocycles. The third-order valence-corrected chi connectivity index (χ3v) is 1.37. The summed E-state index contributed by atoms with van der Waals surface area (Å²) in [5.74, 6) is -1.54. The van der Waals surface area contributed by atoms with Crippen molar-refractivity contribution in [2.75, 3.05) is 6.61 Å². The number of ether oxygens (including phenoxy) is 1. The molecule has 0 saturated carbocycles. The van der Waals surface area contributed by atoms with Crippen molar-refractivity contribution >= 4 is 5.97 Å². The van der Waals surface area contributed by atoms with Gasteiger partial charge in [0.25, 0.3) is 0 Å². The number of alkyl halides is 3. The van der Waals surface area contributed by atoms with Gasteiger partial charge in [-0.1, -0.05) is 6.08 Å². The minimum Gasteiger partial charge on any atom is -0.481 e. The minimum atomic E-state index is -4.64. The number of carboxylic acid groups (broad SMARTS) is 1. The van der Waals surface area contributed by atoms with Crippen LogP contribution in [0.3, 0.4) is 0 Å². The number of hydrogen-bond donors (Lipinski definition) is 1. The van der Waals surface area contributed by atoms with Gasteiger partial charge in [0.15, 0.2) is 6.10 Å². The van der Waals surface area contributed by atoms with Crippen molar-refractivity contribution in [1.29, 1.82) is 0 Å². The molecule has 0 bridgehead atoms. The summed E-state index contributed by atoms with van der Waals surface area (Å²) < 4.78 is 40.7. The van der Waals surface area contributed by atoms with Gasteiger partial charge in [-0.25, -0.2) is 0 Å². The fourth-order valence-corrected chi connectivity index (χ4v) is 0.721. The first-order valence-corrected chi connectivity index (χ1v) is 3.89. The van der Waals surface area contributed by atoms with E-state index in [2.05, 4.69) is 11.3 Å². The summed E-state index contributed by atoms with van der Waals surface area (Å²) in [4.78, 5) is 10.1. The zero-order valence-corrected chi connectivity index (χ0v) is 7.38. The van der Waals surface area contributed by atoms with Gasteiger partial charge in [-0.3, -0.25) is 4.79 Å². The summed E-state index contributed by atoms with van der Waals surface area (Å²) in [5.41, 5.74) is 0. The standard InChI is InChI=1S/C8H11F3O3/c1-2-3-4-14-6(5-7(12)13)8(9,10)11/h2,6H,1,3-5H2,(H,12,13). The maximum Gasteiger partial charge on any atom is 0.415 e. The molecule has 0 aliphatic heterocycles. The van der Waals surface area contributed by atoms with Crippen LogP contribution in [0.5, 0.6) is 0 Å². The topological polar surface area (TPSA) is 46.5 Å². The van der Waals surface area contributed by atoms with Gasteiger partial charge in [-0.05, 0) is 6.42 Å². The Hall–Kier alpha value is -1.04. The van der Waals surface area contributed by atoms with E-state index >= 15 is 0 Å². The highest BCUT2D eigenvalue weighted by atomic mass is 19.4. The van der Waals surface area contributed by atoms with E-state index in [4.69, 9.17) is 5.11 Å². The number of aliphatic carboxylic acids is 1. The highest BCUT2D eigenvalue weighted by molar-refractivity contribution is 5.67. The third-order valence-electron chi connectivity index (χ3n) is 1.37. The first kappa shape index (κ1) is 13.0. The summed E-state index contributed by atoms with van der Waals surface area (Å²) in [7, 11) is 0. The molecule has 0 aliphatic carbocycles. The molecule has 82 valence electrons.